The van der Waals surface area contributed by atoms with Gasteiger partial charge in [0.1, 0.15) is 0 Å². The molecule has 0 aromatic rings. The first-order valence-corrected chi connectivity index (χ1v) is 7.56. The number of carbonyl (C=O) groups excluding carboxylic acids is 1. The number of carboxylic acid groups (broad SMARTS) is 1. The second-order valence-electron chi connectivity index (χ2n) is 7.36. The van der Waals surface area contributed by atoms with Gasteiger partial charge < -0.3 is 19.6 Å². The van der Waals surface area contributed by atoms with E-state index in [9.17, 15) is 9.59 Å². The SMILES string of the molecule is CC1(C)CN(C(=O)N2CCC(C(=O)O)CC2)CC(C)(C)O1. The number of aliphatic carboxylic acids is 1. The van der Waals surface area contributed by atoms with Gasteiger partial charge in [-0.1, -0.05) is 0 Å². The molecule has 0 aromatic carbocycles. The molecule has 0 bridgehead atoms. The highest BCUT2D eigenvalue weighted by Crippen LogP contribution is 2.29. The van der Waals surface area contributed by atoms with Gasteiger partial charge in [0.15, 0.2) is 0 Å². The molecule has 0 aliphatic carbocycles. The number of hydrogen-bond donors (Lipinski definition) is 1. The maximum atomic E-state index is 12.7. The van der Waals surface area contributed by atoms with Crippen LogP contribution in [0.1, 0.15) is 40.5 Å². The summed E-state index contributed by atoms with van der Waals surface area (Å²) in [5.41, 5.74) is -0.729. The number of urea groups is 1. The highest BCUT2D eigenvalue weighted by Gasteiger charge is 2.41. The van der Waals surface area contributed by atoms with Crippen molar-refractivity contribution in [3.05, 3.63) is 0 Å². The molecule has 2 rings (SSSR count). The van der Waals surface area contributed by atoms with E-state index in [1.165, 1.54) is 0 Å². The Bertz CT molecular complexity index is 409. The Labute approximate surface area is 126 Å². The summed E-state index contributed by atoms with van der Waals surface area (Å²) in [6.07, 6.45) is 1.08. The van der Waals surface area contributed by atoms with Gasteiger partial charge in [-0.3, -0.25) is 4.79 Å². The first-order valence-electron chi connectivity index (χ1n) is 7.56. The zero-order valence-corrected chi connectivity index (χ0v) is 13.4. The highest BCUT2D eigenvalue weighted by atomic mass is 16.5. The van der Waals surface area contributed by atoms with Crippen LogP contribution in [-0.4, -0.2) is 64.3 Å². The average Bonchev–Trinajstić information content (AvgIpc) is 2.34. The van der Waals surface area contributed by atoms with Crippen LogP contribution in [0, 0.1) is 5.92 Å². The molecular weight excluding hydrogens is 272 g/mol. The number of rotatable bonds is 1. The summed E-state index contributed by atoms with van der Waals surface area (Å²) in [5.74, 6) is -1.07. The van der Waals surface area contributed by atoms with Crippen molar-refractivity contribution in [1.29, 1.82) is 0 Å². The molecule has 0 unspecified atom stereocenters. The van der Waals surface area contributed by atoms with Crippen molar-refractivity contribution >= 4 is 12.0 Å². The monoisotopic (exact) mass is 298 g/mol. The molecule has 2 saturated heterocycles. The Kier molecular flexibility index (Phi) is 4.19. The second kappa shape index (κ2) is 5.48. The topological polar surface area (TPSA) is 70.1 Å². The zero-order chi connectivity index (χ0) is 15.8. The van der Waals surface area contributed by atoms with Crippen LogP contribution in [0.2, 0.25) is 0 Å². The third-order valence-corrected chi connectivity index (χ3v) is 4.08. The van der Waals surface area contributed by atoms with Crippen LogP contribution in [0.15, 0.2) is 0 Å². The zero-order valence-electron chi connectivity index (χ0n) is 13.4. The van der Waals surface area contributed by atoms with Gasteiger partial charge in [0.25, 0.3) is 0 Å². The van der Waals surface area contributed by atoms with Crippen LogP contribution in [0.25, 0.3) is 0 Å². The van der Waals surface area contributed by atoms with Crippen molar-refractivity contribution in [3.8, 4) is 0 Å². The summed E-state index contributed by atoms with van der Waals surface area (Å²) in [6, 6.07) is 0.00305. The number of carboxylic acids is 1. The first-order chi connectivity index (χ1) is 9.60. The predicted molar refractivity (Wildman–Crippen MR) is 78.1 cm³/mol. The van der Waals surface area contributed by atoms with E-state index in [0.717, 1.165) is 0 Å². The number of carbonyl (C=O) groups is 2. The van der Waals surface area contributed by atoms with Crippen LogP contribution >= 0.6 is 0 Å². The molecule has 0 atom stereocenters. The lowest BCUT2D eigenvalue weighted by Crippen LogP contribution is -2.61. The van der Waals surface area contributed by atoms with E-state index in [0.29, 0.717) is 39.0 Å². The Morgan fingerprint density at radius 3 is 1.90 bits per heavy atom. The Morgan fingerprint density at radius 1 is 1.00 bits per heavy atom. The average molecular weight is 298 g/mol. The lowest BCUT2D eigenvalue weighted by Gasteiger charge is -2.48. The number of nitrogens with zero attached hydrogens (tertiary/aromatic N) is 2. The van der Waals surface area contributed by atoms with Gasteiger partial charge in [0.2, 0.25) is 0 Å². The van der Waals surface area contributed by atoms with E-state index in [1.807, 2.05) is 32.6 Å². The maximum Gasteiger partial charge on any atom is 0.320 e. The number of ether oxygens (including phenoxy) is 1. The van der Waals surface area contributed by atoms with Crippen molar-refractivity contribution in [1.82, 2.24) is 9.80 Å². The summed E-state index contributed by atoms with van der Waals surface area (Å²) in [4.78, 5) is 27.2. The molecule has 2 amide bonds. The van der Waals surface area contributed by atoms with E-state index in [-0.39, 0.29) is 23.2 Å². The molecule has 2 aliphatic heterocycles. The van der Waals surface area contributed by atoms with Gasteiger partial charge in [0, 0.05) is 13.1 Å². The molecule has 2 heterocycles. The van der Waals surface area contributed by atoms with E-state index in [4.69, 9.17) is 9.84 Å². The summed E-state index contributed by atoms with van der Waals surface area (Å²) in [5, 5.41) is 9.02. The Morgan fingerprint density at radius 2 is 1.48 bits per heavy atom. The van der Waals surface area contributed by atoms with E-state index >= 15 is 0 Å². The molecular formula is C15H26N2O4. The molecule has 2 aliphatic rings. The number of morpholine rings is 1. The molecule has 1 N–H and O–H groups in total. The number of likely N-dealkylation sites (tertiary alicyclic amines) is 1. The van der Waals surface area contributed by atoms with Crippen LogP contribution in [0.5, 0.6) is 0 Å². The van der Waals surface area contributed by atoms with Gasteiger partial charge >= 0.3 is 12.0 Å². The third kappa shape index (κ3) is 3.87. The minimum absolute atomic E-state index is 0.00305. The molecule has 0 saturated carbocycles. The van der Waals surface area contributed by atoms with Crippen molar-refractivity contribution in [2.75, 3.05) is 26.2 Å². The largest absolute Gasteiger partial charge is 0.481 e. The summed E-state index contributed by atoms with van der Waals surface area (Å²) >= 11 is 0. The molecule has 6 heteroatoms. The van der Waals surface area contributed by atoms with Crippen molar-refractivity contribution in [2.24, 2.45) is 5.92 Å². The van der Waals surface area contributed by atoms with Crippen LogP contribution in [0.4, 0.5) is 4.79 Å². The van der Waals surface area contributed by atoms with Crippen molar-refractivity contribution in [2.45, 2.75) is 51.7 Å². The number of piperidine rings is 1. The van der Waals surface area contributed by atoms with Gasteiger partial charge in [-0.05, 0) is 40.5 Å². The fourth-order valence-electron chi connectivity index (χ4n) is 3.44. The fourth-order valence-corrected chi connectivity index (χ4v) is 3.44. The maximum absolute atomic E-state index is 12.7. The fraction of sp³-hybridized carbons (Fsp3) is 0.867. The van der Waals surface area contributed by atoms with E-state index in [2.05, 4.69) is 0 Å². The molecule has 0 aromatic heterocycles. The van der Waals surface area contributed by atoms with Crippen LogP contribution < -0.4 is 0 Å². The molecule has 2 fully saturated rings. The van der Waals surface area contributed by atoms with Gasteiger partial charge in [0.05, 0.1) is 30.2 Å². The van der Waals surface area contributed by atoms with Gasteiger partial charge in [-0.15, -0.1) is 0 Å². The van der Waals surface area contributed by atoms with Crippen LogP contribution in [-0.2, 0) is 9.53 Å². The lowest BCUT2D eigenvalue weighted by molar-refractivity contribution is -0.172. The lowest BCUT2D eigenvalue weighted by atomic mass is 9.96. The minimum Gasteiger partial charge on any atom is -0.481 e. The summed E-state index contributed by atoms with van der Waals surface area (Å²) in [7, 11) is 0. The summed E-state index contributed by atoms with van der Waals surface area (Å²) < 4.78 is 5.99. The second-order valence-corrected chi connectivity index (χ2v) is 7.36. The third-order valence-electron chi connectivity index (χ3n) is 4.08. The first kappa shape index (κ1) is 16.1. The van der Waals surface area contributed by atoms with Crippen molar-refractivity contribution < 1.29 is 19.4 Å². The smallest absolute Gasteiger partial charge is 0.320 e. The number of hydrogen-bond acceptors (Lipinski definition) is 3. The quantitative estimate of drug-likeness (QED) is 0.801. The normalized spacial score (nSPS) is 25.7. The van der Waals surface area contributed by atoms with Gasteiger partial charge in [-0.25, -0.2) is 4.79 Å². The van der Waals surface area contributed by atoms with E-state index in [1.54, 1.807) is 4.90 Å². The Hall–Kier alpha value is -1.30. The minimum atomic E-state index is -0.754. The Balaban J connectivity index is 1.99. The molecule has 0 radical (unpaired) electrons. The molecule has 6 nitrogen and oxygen atoms in total. The molecule has 21 heavy (non-hydrogen) atoms. The van der Waals surface area contributed by atoms with Crippen LogP contribution in [0.3, 0.4) is 0 Å². The predicted octanol–water partition coefficient (Wildman–Crippen LogP) is 1.79. The standard InChI is InChI=1S/C15H26N2O4/c1-14(2)9-17(10-15(3,4)21-14)13(20)16-7-5-11(6-8-16)12(18)19/h11H,5-10H2,1-4H3,(H,18,19). The molecule has 0 spiro atoms. The molecule has 120 valence electrons. The van der Waals surface area contributed by atoms with E-state index < -0.39 is 5.97 Å². The highest BCUT2D eigenvalue weighted by molar-refractivity contribution is 5.76. The number of amides is 2. The van der Waals surface area contributed by atoms with Gasteiger partial charge in [-0.2, -0.15) is 0 Å². The summed E-state index contributed by atoms with van der Waals surface area (Å²) in [6.45, 7) is 10.1. The van der Waals surface area contributed by atoms with Crippen molar-refractivity contribution in [3.63, 3.8) is 0 Å².